The Labute approximate surface area is 553 Å². The number of ether oxygens (including phenoxy) is 1. The minimum atomic E-state index is -0.763. The molecule has 0 radical (unpaired) electrons. The molecule has 0 saturated carbocycles. The summed E-state index contributed by atoms with van der Waals surface area (Å²) in [5.74, 6) is 1.69. The van der Waals surface area contributed by atoms with Crippen LogP contribution in [0.4, 0.5) is 34.1 Å². The highest BCUT2D eigenvalue weighted by atomic mass is 32.1. The molecule has 0 N–H and O–H groups in total. The monoisotopic (exact) mass is 1230 g/mol. The molecule has 1 aliphatic heterocycles. The summed E-state index contributed by atoms with van der Waals surface area (Å²) in [7, 11) is 0. The maximum atomic E-state index is 7.19. The van der Waals surface area contributed by atoms with Gasteiger partial charge in [-0.3, -0.25) is 0 Å². The van der Waals surface area contributed by atoms with Crippen molar-refractivity contribution < 1.29 is 4.74 Å². The second-order valence-electron chi connectivity index (χ2n) is 24.6. The Morgan fingerprint density at radius 3 is 1.60 bits per heavy atom. The Morgan fingerprint density at radius 1 is 0.255 bits per heavy atom. The number of hydrogen-bond donors (Lipinski definition) is 0. The van der Waals surface area contributed by atoms with Crippen LogP contribution in [-0.2, 0) is 5.41 Å². The molecule has 440 valence electrons. The van der Waals surface area contributed by atoms with Crippen LogP contribution in [-0.4, -0.2) is 0 Å². The second kappa shape index (κ2) is 21.8. The number of para-hydroxylation sites is 2. The Bertz CT molecular complexity index is 5840. The zero-order valence-corrected chi connectivity index (χ0v) is 52.6. The van der Waals surface area contributed by atoms with Crippen LogP contribution in [0.3, 0.4) is 0 Å². The lowest BCUT2D eigenvalue weighted by Gasteiger charge is -2.40. The van der Waals surface area contributed by atoms with E-state index in [9.17, 15) is 0 Å². The minimum Gasteiger partial charge on any atom is -0.457 e. The van der Waals surface area contributed by atoms with Gasteiger partial charge >= 0.3 is 0 Å². The van der Waals surface area contributed by atoms with Crippen molar-refractivity contribution in [2.24, 2.45) is 0 Å². The van der Waals surface area contributed by atoms with E-state index in [1.54, 1.807) is 0 Å². The van der Waals surface area contributed by atoms with Gasteiger partial charge in [-0.1, -0.05) is 243 Å². The summed E-state index contributed by atoms with van der Waals surface area (Å²) in [4.78, 5) is 4.92. The molecule has 0 saturated heterocycles. The zero-order chi connectivity index (χ0) is 61.8. The molecule has 5 heteroatoms. The quantitative estimate of drug-likeness (QED) is 0.136. The lowest BCUT2D eigenvalue weighted by atomic mass is 9.65. The number of rotatable bonds is 10. The normalized spacial score (nSPS) is 13.7. The molecule has 3 heterocycles. The Hall–Kier alpha value is -11.6. The smallest absolute Gasteiger partial charge is 0.132 e. The predicted molar refractivity (Wildman–Crippen MR) is 398 cm³/mol. The van der Waals surface area contributed by atoms with Crippen LogP contribution in [0.25, 0.3) is 107 Å². The van der Waals surface area contributed by atoms with Gasteiger partial charge in [0.05, 0.1) is 11.1 Å². The molecular weight excluding hydrogens is 1180 g/mol. The second-order valence-corrected chi connectivity index (χ2v) is 26.7. The van der Waals surface area contributed by atoms with Gasteiger partial charge in [0, 0.05) is 85.5 Å². The average Bonchev–Trinajstić information content (AvgIpc) is 1.47. The van der Waals surface area contributed by atoms with Crippen molar-refractivity contribution in [2.45, 2.75) is 5.41 Å². The first-order valence-corrected chi connectivity index (χ1v) is 33.7. The van der Waals surface area contributed by atoms with Gasteiger partial charge in [-0.2, -0.15) is 0 Å². The van der Waals surface area contributed by atoms with E-state index in [1.165, 1.54) is 107 Å². The fraction of sp³-hybridized carbons (Fsp3) is 0.0112. The van der Waals surface area contributed by atoms with Crippen LogP contribution in [0.15, 0.2) is 340 Å². The minimum absolute atomic E-state index is 0.763. The molecule has 2 aliphatic rings. The molecule has 0 bridgehead atoms. The van der Waals surface area contributed by atoms with E-state index in [-0.39, 0.29) is 0 Å². The van der Waals surface area contributed by atoms with Gasteiger partial charge in [-0.15, -0.1) is 22.7 Å². The van der Waals surface area contributed by atoms with Gasteiger partial charge in [0.1, 0.15) is 11.5 Å². The topological polar surface area (TPSA) is 15.7 Å². The first kappa shape index (κ1) is 54.2. The third-order valence-corrected chi connectivity index (χ3v) is 21.9. The van der Waals surface area contributed by atoms with Gasteiger partial charge in [0.25, 0.3) is 0 Å². The molecule has 1 spiro atoms. The molecule has 1 aliphatic carbocycles. The van der Waals surface area contributed by atoms with Crippen molar-refractivity contribution in [1.29, 1.82) is 0 Å². The number of anilines is 6. The lowest BCUT2D eigenvalue weighted by molar-refractivity contribution is 0.436. The van der Waals surface area contributed by atoms with Gasteiger partial charge < -0.3 is 14.5 Å². The van der Waals surface area contributed by atoms with Crippen molar-refractivity contribution >= 4 is 108 Å². The summed E-state index contributed by atoms with van der Waals surface area (Å²) in [6.45, 7) is 0. The van der Waals surface area contributed by atoms with Gasteiger partial charge in [-0.25, -0.2) is 0 Å². The van der Waals surface area contributed by atoms with Crippen LogP contribution in [0.5, 0.6) is 11.5 Å². The molecule has 17 aromatic rings. The van der Waals surface area contributed by atoms with Crippen molar-refractivity contribution in [3.8, 4) is 67.1 Å². The molecular formula is C89H56N2OS2. The van der Waals surface area contributed by atoms with Crippen molar-refractivity contribution in [2.75, 3.05) is 9.80 Å². The molecule has 0 amide bonds. The van der Waals surface area contributed by atoms with E-state index < -0.39 is 5.41 Å². The standard InChI is InChI=1S/C89H56N2OS2/c1-4-20-57(21-5-1)59-36-38-62(39-37-59)75-54-69(55-76-73-29-13-18-34-84(73)93-87(75)76)90(67-46-42-58-22-10-11-25-63(58)52-67)68-47-51-83-80(56-68)89(78-32-16-17-33-82(78)92-83)77-31-15-12-28-71(77)72-48-43-64(53-79(72)89)60-40-44-66(45-41-60)91(65-26-8-3-9-27-65)81-50-49-70(61-23-6-2-7-24-61)88-86(81)74-30-14-19-35-85(74)94-88/h1-56H. The first-order valence-electron chi connectivity index (χ1n) is 32.1. The van der Waals surface area contributed by atoms with E-state index in [1.807, 2.05) is 22.7 Å². The predicted octanol–water partition coefficient (Wildman–Crippen LogP) is 25.7. The van der Waals surface area contributed by atoms with Gasteiger partial charge in [0.2, 0.25) is 0 Å². The highest BCUT2D eigenvalue weighted by molar-refractivity contribution is 7.26. The SMILES string of the molecule is c1ccc(-c2ccc(-c3cc(N(c4ccc5c(c4)C4(c6ccccc6O5)c5ccccc5-c5ccc(-c6ccc(N(c7ccccc7)c7ccc(-c8ccccc8)c8sc9ccccc9c78)cc6)cc54)c4ccc5ccccc5c4)cc4c3sc3ccccc34)cc2)cc1. The summed E-state index contributed by atoms with van der Waals surface area (Å²) in [6, 6.07) is 125. The fourth-order valence-corrected chi connectivity index (χ4v) is 17.7. The summed E-state index contributed by atoms with van der Waals surface area (Å²) in [5, 5.41) is 7.36. The highest BCUT2D eigenvalue weighted by Crippen LogP contribution is 2.63. The number of benzene rings is 15. The average molecular weight is 1230 g/mol. The van der Waals surface area contributed by atoms with E-state index in [2.05, 4.69) is 350 Å². The van der Waals surface area contributed by atoms with Crippen LogP contribution in [0.2, 0.25) is 0 Å². The molecule has 19 rings (SSSR count). The lowest BCUT2D eigenvalue weighted by Crippen LogP contribution is -2.32. The number of hydrogen-bond acceptors (Lipinski definition) is 5. The highest BCUT2D eigenvalue weighted by Gasteiger charge is 2.51. The molecule has 3 nitrogen and oxygen atoms in total. The molecule has 15 aromatic carbocycles. The first-order chi connectivity index (χ1) is 46.6. The van der Waals surface area contributed by atoms with Crippen LogP contribution >= 0.6 is 22.7 Å². The van der Waals surface area contributed by atoms with Crippen molar-refractivity contribution in [1.82, 2.24) is 0 Å². The molecule has 94 heavy (non-hydrogen) atoms. The van der Waals surface area contributed by atoms with Crippen LogP contribution in [0.1, 0.15) is 22.3 Å². The van der Waals surface area contributed by atoms with E-state index in [4.69, 9.17) is 4.74 Å². The maximum absolute atomic E-state index is 7.19. The largest absolute Gasteiger partial charge is 0.457 e. The molecule has 2 aromatic heterocycles. The van der Waals surface area contributed by atoms with Crippen LogP contribution < -0.4 is 14.5 Å². The Kier molecular flexibility index (Phi) is 12.6. The van der Waals surface area contributed by atoms with Crippen molar-refractivity contribution in [3.63, 3.8) is 0 Å². The van der Waals surface area contributed by atoms with Gasteiger partial charge in [-0.05, 0) is 169 Å². The molecule has 1 atom stereocenters. The zero-order valence-electron chi connectivity index (χ0n) is 51.0. The van der Waals surface area contributed by atoms with E-state index in [0.717, 1.165) is 67.9 Å². The number of thiophene rings is 2. The maximum Gasteiger partial charge on any atom is 0.132 e. The van der Waals surface area contributed by atoms with E-state index in [0.29, 0.717) is 0 Å². The molecule has 1 unspecified atom stereocenters. The van der Waals surface area contributed by atoms with Gasteiger partial charge in [0.15, 0.2) is 0 Å². The third kappa shape index (κ3) is 8.56. The van der Waals surface area contributed by atoms with Crippen LogP contribution in [0, 0.1) is 0 Å². The summed E-state index contributed by atoms with van der Waals surface area (Å²) >= 11 is 3.75. The summed E-state index contributed by atoms with van der Waals surface area (Å²) < 4.78 is 12.3. The Morgan fingerprint density at radius 2 is 0.787 bits per heavy atom. The summed E-state index contributed by atoms with van der Waals surface area (Å²) in [6.07, 6.45) is 0. The number of nitrogens with zero attached hydrogens (tertiary/aromatic N) is 2. The summed E-state index contributed by atoms with van der Waals surface area (Å²) in [5.41, 5.74) is 22.3. The van der Waals surface area contributed by atoms with Crippen molar-refractivity contribution in [3.05, 3.63) is 362 Å². The Balaban J connectivity index is 0.788. The fourth-order valence-electron chi connectivity index (χ4n) is 15.2. The van der Waals surface area contributed by atoms with E-state index >= 15 is 0 Å². The molecule has 0 fully saturated rings. The number of fused-ring (bicyclic) bond motifs is 16. The third-order valence-electron chi connectivity index (χ3n) is 19.5.